The number of nitrogens with zero attached hydrogens (tertiary/aromatic N) is 1. The fourth-order valence-corrected chi connectivity index (χ4v) is 3.38. The van der Waals surface area contributed by atoms with E-state index in [0.29, 0.717) is 18.7 Å². The Balaban J connectivity index is 1.47. The quantitative estimate of drug-likeness (QED) is 0.774. The summed E-state index contributed by atoms with van der Waals surface area (Å²) in [6.07, 6.45) is 2.06. The van der Waals surface area contributed by atoms with Gasteiger partial charge in [-0.15, -0.1) is 0 Å². The van der Waals surface area contributed by atoms with Crippen molar-refractivity contribution in [3.8, 4) is 5.75 Å². The molecule has 6 heteroatoms. The molecule has 1 fully saturated rings. The zero-order chi connectivity index (χ0) is 19.9. The SMILES string of the molecule is COc1cccc(N2CC(NC(=O)NC(C)CCc3ccccc3)CC2=O)c1. The molecule has 2 aromatic rings. The van der Waals surface area contributed by atoms with Crippen molar-refractivity contribution in [3.05, 3.63) is 60.2 Å². The zero-order valence-corrected chi connectivity index (χ0v) is 16.4. The van der Waals surface area contributed by atoms with Gasteiger partial charge in [-0.2, -0.15) is 0 Å². The molecular formula is C22H27N3O3. The first kappa shape index (κ1) is 19.7. The van der Waals surface area contributed by atoms with Gasteiger partial charge >= 0.3 is 6.03 Å². The molecule has 1 saturated heterocycles. The minimum Gasteiger partial charge on any atom is -0.497 e. The highest BCUT2D eigenvalue weighted by Crippen LogP contribution is 2.25. The van der Waals surface area contributed by atoms with Gasteiger partial charge in [-0.25, -0.2) is 4.79 Å². The van der Waals surface area contributed by atoms with Crippen molar-refractivity contribution < 1.29 is 14.3 Å². The minimum atomic E-state index is -0.231. The van der Waals surface area contributed by atoms with Crippen LogP contribution in [0.2, 0.25) is 0 Å². The van der Waals surface area contributed by atoms with E-state index in [9.17, 15) is 9.59 Å². The second-order valence-corrected chi connectivity index (χ2v) is 7.15. The van der Waals surface area contributed by atoms with Gasteiger partial charge in [-0.1, -0.05) is 36.4 Å². The number of rotatable bonds is 7. The standard InChI is InChI=1S/C22H27N3O3/c1-16(11-12-17-7-4-3-5-8-17)23-22(27)24-18-13-21(26)25(15-18)19-9-6-10-20(14-19)28-2/h3-10,14,16,18H,11-13,15H2,1-2H3,(H2,23,24,27). The Kier molecular flexibility index (Phi) is 6.53. The summed E-state index contributed by atoms with van der Waals surface area (Å²) < 4.78 is 5.22. The second kappa shape index (κ2) is 9.26. The lowest BCUT2D eigenvalue weighted by atomic mass is 10.1. The van der Waals surface area contributed by atoms with E-state index in [0.717, 1.165) is 18.5 Å². The molecule has 2 unspecified atom stereocenters. The van der Waals surface area contributed by atoms with Crippen LogP contribution in [0.3, 0.4) is 0 Å². The topological polar surface area (TPSA) is 70.7 Å². The predicted octanol–water partition coefficient (Wildman–Crippen LogP) is 3.12. The van der Waals surface area contributed by atoms with Gasteiger partial charge in [0.15, 0.2) is 0 Å². The van der Waals surface area contributed by atoms with E-state index in [1.807, 2.05) is 49.4 Å². The van der Waals surface area contributed by atoms with Gasteiger partial charge in [-0.3, -0.25) is 4.79 Å². The highest BCUT2D eigenvalue weighted by atomic mass is 16.5. The maximum absolute atomic E-state index is 12.4. The Morgan fingerprint density at radius 3 is 2.75 bits per heavy atom. The monoisotopic (exact) mass is 381 g/mol. The average Bonchev–Trinajstić information content (AvgIpc) is 3.07. The maximum atomic E-state index is 12.4. The highest BCUT2D eigenvalue weighted by Gasteiger charge is 2.31. The second-order valence-electron chi connectivity index (χ2n) is 7.15. The minimum absolute atomic E-state index is 0.00400. The molecule has 6 nitrogen and oxygen atoms in total. The molecule has 1 aliphatic rings. The van der Waals surface area contributed by atoms with Crippen molar-refractivity contribution in [3.63, 3.8) is 0 Å². The first-order valence-electron chi connectivity index (χ1n) is 9.60. The number of benzene rings is 2. The summed E-state index contributed by atoms with van der Waals surface area (Å²) in [5, 5.41) is 5.89. The summed E-state index contributed by atoms with van der Waals surface area (Å²) in [5.41, 5.74) is 2.04. The van der Waals surface area contributed by atoms with Crippen LogP contribution in [0.15, 0.2) is 54.6 Å². The van der Waals surface area contributed by atoms with Crippen LogP contribution in [-0.4, -0.2) is 37.7 Å². The van der Waals surface area contributed by atoms with Gasteiger partial charge < -0.3 is 20.3 Å². The lowest BCUT2D eigenvalue weighted by molar-refractivity contribution is -0.117. The fourth-order valence-electron chi connectivity index (χ4n) is 3.38. The largest absolute Gasteiger partial charge is 0.497 e. The Labute approximate surface area is 165 Å². The van der Waals surface area contributed by atoms with Crippen LogP contribution in [-0.2, 0) is 11.2 Å². The molecule has 2 aromatic carbocycles. The van der Waals surface area contributed by atoms with Crippen molar-refractivity contribution in [1.82, 2.24) is 10.6 Å². The van der Waals surface area contributed by atoms with E-state index >= 15 is 0 Å². The highest BCUT2D eigenvalue weighted by molar-refractivity contribution is 5.97. The summed E-state index contributed by atoms with van der Waals surface area (Å²) in [6, 6.07) is 17.2. The molecule has 3 amide bonds. The van der Waals surface area contributed by atoms with Gasteiger partial charge in [0.25, 0.3) is 0 Å². The fraction of sp³-hybridized carbons (Fsp3) is 0.364. The normalized spacial score (nSPS) is 17.3. The maximum Gasteiger partial charge on any atom is 0.315 e. The Bertz CT molecular complexity index is 810. The average molecular weight is 381 g/mol. The third-order valence-corrected chi connectivity index (χ3v) is 4.91. The van der Waals surface area contributed by atoms with Gasteiger partial charge in [0.1, 0.15) is 5.75 Å². The number of ether oxygens (including phenoxy) is 1. The molecule has 3 rings (SSSR count). The van der Waals surface area contributed by atoms with Crippen molar-refractivity contribution in [2.24, 2.45) is 0 Å². The van der Waals surface area contributed by atoms with Gasteiger partial charge in [0, 0.05) is 30.8 Å². The van der Waals surface area contributed by atoms with Gasteiger partial charge in [-0.05, 0) is 37.5 Å². The lowest BCUT2D eigenvalue weighted by Crippen LogP contribution is -2.46. The first-order valence-corrected chi connectivity index (χ1v) is 9.60. The number of anilines is 1. The Morgan fingerprint density at radius 2 is 2.00 bits per heavy atom. The molecular weight excluding hydrogens is 354 g/mol. The summed E-state index contributed by atoms with van der Waals surface area (Å²) >= 11 is 0. The molecule has 0 spiro atoms. The number of amides is 3. The molecule has 1 heterocycles. The predicted molar refractivity (Wildman–Crippen MR) is 110 cm³/mol. The number of carbonyl (C=O) groups is 2. The lowest BCUT2D eigenvalue weighted by Gasteiger charge is -2.19. The van der Waals surface area contributed by atoms with Crippen LogP contribution < -0.4 is 20.3 Å². The third kappa shape index (κ3) is 5.25. The molecule has 0 bridgehead atoms. The molecule has 0 saturated carbocycles. The van der Waals surface area contributed by atoms with Crippen LogP contribution in [0.1, 0.15) is 25.3 Å². The molecule has 148 valence electrons. The number of carbonyl (C=O) groups excluding carboxylic acids is 2. The van der Waals surface area contributed by atoms with Crippen molar-refractivity contribution in [1.29, 1.82) is 0 Å². The van der Waals surface area contributed by atoms with Crippen LogP contribution in [0.5, 0.6) is 5.75 Å². The molecule has 0 aliphatic carbocycles. The zero-order valence-electron chi connectivity index (χ0n) is 16.4. The molecule has 2 N–H and O–H groups in total. The molecule has 0 aromatic heterocycles. The van der Waals surface area contributed by atoms with E-state index < -0.39 is 0 Å². The van der Waals surface area contributed by atoms with Crippen molar-refractivity contribution in [2.75, 3.05) is 18.6 Å². The summed E-state index contributed by atoms with van der Waals surface area (Å²) in [5.74, 6) is 0.697. The number of hydrogen-bond donors (Lipinski definition) is 2. The Hall–Kier alpha value is -3.02. The number of nitrogens with one attached hydrogen (secondary N) is 2. The first-order chi connectivity index (χ1) is 13.5. The van der Waals surface area contributed by atoms with E-state index in [-0.39, 0.29) is 24.0 Å². The number of urea groups is 1. The summed E-state index contributed by atoms with van der Waals surface area (Å²) in [4.78, 5) is 26.3. The third-order valence-electron chi connectivity index (χ3n) is 4.91. The summed E-state index contributed by atoms with van der Waals surface area (Å²) in [6.45, 7) is 2.45. The van der Waals surface area contributed by atoms with E-state index in [1.165, 1.54) is 5.56 Å². The van der Waals surface area contributed by atoms with E-state index in [2.05, 4.69) is 22.8 Å². The van der Waals surface area contributed by atoms with Gasteiger partial charge in [0.2, 0.25) is 5.91 Å². The van der Waals surface area contributed by atoms with Crippen molar-refractivity contribution in [2.45, 2.75) is 38.3 Å². The van der Waals surface area contributed by atoms with E-state index in [4.69, 9.17) is 4.74 Å². The smallest absolute Gasteiger partial charge is 0.315 e. The number of methoxy groups -OCH3 is 1. The number of aryl methyl sites for hydroxylation is 1. The summed E-state index contributed by atoms with van der Waals surface area (Å²) in [7, 11) is 1.60. The van der Waals surface area contributed by atoms with Crippen LogP contribution >= 0.6 is 0 Å². The molecule has 2 atom stereocenters. The van der Waals surface area contributed by atoms with Crippen LogP contribution in [0.4, 0.5) is 10.5 Å². The molecule has 28 heavy (non-hydrogen) atoms. The molecule has 1 aliphatic heterocycles. The molecule has 0 radical (unpaired) electrons. The van der Waals surface area contributed by atoms with Crippen LogP contribution in [0.25, 0.3) is 0 Å². The van der Waals surface area contributed by atoms with Crippen LogP contribution in [0, 0.1) is 0 Å². The number of hydrogen-bond acceptors (Lipinski definition) is 3. The van der Waals surface area contributed by atoms with Gasteiger partial charge in [0.05, 0.1) is 13.2 Å². The van der Waals surface area contributed by atoms with Crippen molar-refractivity contribution >= 4 is 17.6 Å². The Morgan fingerprint density at radius 1 is 1.21 bits per heavy atom. The van der Waals surface area contributed by atoms with E-state index in [1.54, 1.807) is 12.0 Å².